The number of aromatic nitrogens is 1. The second-order valence-corrected chi connectivity index (χ2v) is 3.26. The van der Waals surface area contributed by atoms with Crippen LogP contribution in [-0.2, 0) is 0 Å². The number of nitrogens with one attached hydrogen (secondary N) is 1. The van der Waals surface area contributed by atoms with Crippen LogP contribution in [0, 0.1) is 18.6 Å². The van der Waals surface area contributed by atoms with Gasteiger partial charge in [0.1, 0.15) is 5.82 Å². The maximum atomic E-state index is 12.9. The Hall–Kier alpha value is -1.75. The molecule has 78 valence electrons. The van der Waals surface area contributed by atoms with Gasteiger partial charge in [-0.15, -0.1) is 0 Å². The molecule has 0 amide bonds. The van der Waals surface area contributed by atoms with Crippen molar-refractivity contribution in [1.29, 1.82) is 0 Å². The first kappa shape index (κ1) is 9.79. The highest BCUT2D eigenvalue weighted by molar-refractivity contribution is 5.81. The number of nitrogen functional groups attached to an aromatic ring is 1. The standard InChI is InChI=1S/C10H9F2N3/c1-5-2-6-3-7(11)8(12)4-9(6)14-10(5)15-13/h2-4H,13H2,1H3,(H,14,15). The lowest BCUT2D eigenvalue weighted by molar-refractivity contribution is 0.510. The Morgan fingerprint density at radius 2 is 1.87 bits per heavy atom. The maximum Gasteiger partial charge on any atom is 0.161 e. The van der Waals surface area contributed by atoms with E-state index in [2.05, 4.69) is 10.4 Å². The number of hydrogen-bond acceptors (Lipinski definition) is 3. The Labute approximate surface area is 84.9 Å². The van der Waals surface area contributed by atoms with Crippen LogP contribution in [0.1, 0.15) is 5.56 Å². The molecule has 2 aromatic rings. The average Bonchev–Trinajstić information content (AvgIpc) is 2.20. The highest BCUT2D eigenvalue weighted by Gasteiger charge is 2.07. The third kappa shape index (κ3) is 1.61. The van der Waals surface area contributed by atoms with E-state index >= 15 is 0 Å². The van der Waals surface area contributed by atoms with Crippen molar-refractivity contribution in [2.24, 2.45) is 5.84 Å². The van der Waals surface area contributed by atoms with Gasteiger partial charge in [0, 0.05) is 11.5 Å². The fourth-order valence-corrected chi connectivity index (χ4v) is 1.42. The van der Waals surface area contributed by atoms with Gasteiger partial charge in [-0.25, -0.2) is 19.6 Å². The zero-order chi connectivity index (χ0) is 11.0. The van der Waals surface area contributed by atoms with Gasteiger partial charge in [0.25, 0.3) is 0 Å². The predicted molar refractivity (Wildman–Crippen MR) is 54.2 cm³/mol. The molecule has 2 rings (SSSR count). The number of anilines is 1. The van der Waals surface area contributed by atoms with E-state index in [1.807, 2.05) is 0 Å². The SMILES string of the molecule is Cc1cc2cc(F)c(F)cc2nc1NN. The minimum Gasteiger partial charge on any atom is -0.308 e. The summed E-state index contributed by atoms with van der Waals surface area (Å²) in [5.74, 6) is 3.89. The smallest absolute Gasteiger partial charge is 0.161 e. The van der Waals surface area contributed by atoms with Crippen LogP contribution in [0.15, 0.2) is 18.2 Å². The molecule has 0 saturated heterocycles. The zero-order valence-electron chi connectivity index (χ0n) is 8.01. The first-order chi connectivity index (χ1) is 7.11. The summed E-state index contributed by atoms with van der Waals surface area (Å²) in [6, 6.07) is 3.86. The van der Waals surface area contributed by atoms with Gasteiger partial charge in [-0.05, 0) is 24.6 Å². The van der Waals surface area contributed by atoms with Crippen molar-refractivity contribution < 1.29 is 8.78 Å². The molecule has 0 saturated carbocycles. The molecule has 0 unspecified atom stereocenters. The molecule has 0 atom stereocenters. The number of pyridine rings is 1. The van der Waals surface area contributed by atoms with Crippen LogP contribution in [0.2, 0.25) is 0 Å². The van der Waals surface area contributed by atoms with Crippen molar-refractivity contribution in [3.05, 3.63) is 35.4 Å². The van der Waals surface area contributed by atoms with E-state index in [4.69, 9.17) is 5.84 Å². The Morgan fingerprint density at radius 1 is 1.20 bits per heavy atom. The highest BCUT2D eigenvalue weighted by atomic mass is 19.2. The van der Waals surface area contributed by atoms with Crippen LogP contribution in [0.3, 0.4) is 0 Å². The van der Waals surface area contributed by atoms with E-state index in [0.717, 1.165) is 17.7 Å². The number of halogens is 2. The molecule has 3 nitrogen and oxygen atoms in total. The van der Waals surface area contributed by atoms with Gasteiger partial charge in [-0.1, -0.05) is 0 Å². The first-order valence-electron chi connectivity index (χ1n) is 4.35. The summed E-state index contributed by atoms with van der Waals surface area (Å²) >= 11 is 0. The topological polar surface area (TPSA) is 50.9 Å². The number of aryl methyl sites for hydroxylation is 1. The number of benzene rings is 1. The van der Waals surface area contributed by atoms with Crippen molar-refractivity contribution in [1.82, 2.24) is 4.98 Å². The van der Waals surface area contributed by atoms with Crippen LogP contribution in [0.4, 0.5) is 14.6 Å². The molecular formula is C10H9F2N3. The lowest BCUT2D eigenvalue weighted by atomic mass is 10.1. The second kappa shape index (κ2) is 3.43. The van der Waals surface area contributed by atoms with Gasteiger partial charge in [-0.3, -0.25) is 0 Å². The quantitative estimate of drug-likeness (QED) is 0.558. The van der Waals surface area contributed by atoms with Gasteiger partial charge < -0.3 is 5.43 Å². The summed E-state index contributed by atoms with van der Waals surface area (Å²) in [7, 11) is 0. The molecule has 0 aliphatic rings. The summed E-state index contributed by atoms with van der Waals surface area (Å²) in [5.41, 5.74) is 3.54. The predicted octanol–water partition coefficient (Wildman–Crippen LogP) is 2.11. The Bertz CT molecular complexity index is 526. The van der Waals surface area contributed by atoms with Gasteiger partial charge in [-0.2, -0.15) is 0 Å². The van der Waals surface area contributed by atoms with E-state index in [1.54, 1.807) is 13.0 Å². The van der Waals surface area contributed by atoms with Crippen molar-refractivity contribution >= 4 is 16.7 Å². The first-order valence-corrected chi connectivity index (χ1v) is 4.35. The van der Waals surface area contributed by atoms with Crippen molar-refractivity contribution in [2.75, 3.05) is 5.43 Å². The summed E-state index contributed by atoms with van der Waals surface area (Å²) in [6.07, 6.45) is 0. The summed E-state index contributed by atoms with van der Waals surface area (Å²) in [4.78, 5) is 4.05. The van der Waals surface area contributed by atoms with Crippen LogP contribution >= 0.6 is 0 Å². The lowest BCUT2D eigenvalue weighted by Crippen LogP contribution is -2.10. The minimum atomic E-state index is -0.915. The minimum absolute atomic E-state index is 0.368. The van der Waals surface area contributed by atoms with Crippen molar-refractivity contribution in [3.8, 4) is 0 Å². The molecule has 15 heavy (non-hydrogen) atoms. The summed E-state index contributed by atoms with van der Waals surface area (Å²) < 4.78 is 25.8. The molecule has 0 fully saturated rings. The highest BCUT2D eigenvalue weighted by Crippen LogP contribution is 2.21. The van der Waals surface area contributed by atoms with E-state index < -0.39 is 11.6 Å². The van der Waals surface area contributed by atoms with E-state index in [1.165, 1.54) is 0 Å². The molecule has 1 aromatic heterocycles. The van der Waals surface area contributed by atoms with Crippen LogP contribution < -0.4 is 11.3 Å². The Kier molecular flexibility index (Phi) is 2.24. The molecule has 1 heterocycles. The maximum absolute atomic E-state index is 12.9. The van der Waals surface area contributed by atoms with Gasteiger partial charge in [0.2, 0.25) is 0 Å². The number of hydrazine groups is 1. The molecule has 0 spiro atoms. The van der Waals surface area contributed by atoms with Gasteiger partial charge in [0.15, 0.2) is 11.6 Å². The van der Waals surface area contributed by atoms with E-state index in [0.29, 0.717) is 16.7 Å². The van der Waals surface area contributed by atoms with Crippen LogP contribution in [0.25, 0.3) is 10.9 Å². The average molecular weight is 209 g/mol. The lowest BCUT2D eigenvalue weighted by Gasteiger charge is -2.06. The molecule has 0 aliphatic carbocycles. The number of nitrogens with two attached hydrogens (primary N) is 1. The largest absolute Gasteiger partial charge is 0.308 e. The zero-order valence-corrected chi connectivity index (χ0v) is 8.01. The molecular weight excluding hydrogens is 200 g/mol. The summed E-state index contributed by atoms with van der Waals surface area (Å²) in [6.45, 7) is 1.78. The normalized spacial score (nSPS) is 10.7. The Morgan fingerprint density at radius 3 is 2.53 bits per heavy atom. The third-order valence-corrected chi connectivity index (χ3v) is 2.18. The van der Waals surface area contributed by atoms with E-state index in [9.17, 15) is 8.78 Å². The van der Waals surface area contributed by atoms with Crippen molar-refractivity contribution in [2.45, 2.75) is 6.92 Å². The van der Waals surface area contributed by atoms with Crippen LogP contribution in [-0.4, -0.2) is 4.98 Å². The number of nitrogens with zero attached hydrogens (tertiary/aromatic N) is 1. The third-order valence-electron chi connectivity index (χ3n) is 2.18. The fraction of sp³-hybridized carbons (Fsp3) is 0.100. The number of rotatable bonds is 1. The second-order valence-electron chi connectivity index (χ2n) is 3.26. The molecule has 3 N–H and O–H groups in total. The summed E-state index contributed by atoms with van der Waals surface area (Å²) in [5, 5.41) is 0.547. The fourth-order valence-electron chi connectivity index (χ4n) is 1.42. The molecule has 0 aliphatic heterocycles. The molecule has 0 radical (unpaired) electrons. The van der Waals surface area contributed by atoms with Crippen LogP contribution in [0.5, 0.6) is 0 Å². The van der Waals surface area contributed by atoms with Gasteiger partial charge in [0.05, 0.1) is 5.52 Å². The van der Waals surface area contributed by atoms with E-state index in [-0.39, 0.29) is 0 Å². The van der Waals surface area contributed by atoms with Gasteiger partial charge >= 0.3 is 0 Å². The molecule has 0 bridgehead atoms. The molecule has 1 aromatic carbocycles. The number of hydrogen-bond donors (Lipinski definition) is 2. The molecule has 5 heteroatoms. The number of fused-ring (bicyclic) bond motifs is 1. The Balaban J connectivity index is 2.76. The van der Waals surface area contributed by atoms with Crippen molar-refractivity contribution in [3.63, 3.8) is 0 Å². The monoisotopic (exact) mass is 209 g/mol.